The van der Waals surface area contributed by atoms with Crippen molar-refractivity contribution in [3.8, 4) is 0 Å². The van der Waals surface area contributed by atoms with Gasteiger partial charge in [-0.2, -0.15) is 5.10 Å². The van der Waals surface area contributed by atoms with Crippen LogP contribution in [0, 0.1) is 6.92 Å². The molecule has 1 atom stereocenters. The molecular formula is C35H44N8O3. The van der Waals surface area contributed by atoms with Gasteiger partial charge in [0.1, 0.15) is 6.04 Å². The third kappa shape index (κ3) is 6.39. The lowest BCUT2D eigenvalue weighted by molar-refractivity contribution is -0.135. The summed E-state index contributed by atoms with van der Waals surface area (Å²) < 4.78 is 0. The maximum absolute atomic E-state index is 14.1. The molecule has 2 aromatic carbocycles. The number of carbonyl (C=O) groups excluding carboxylic acids is 2. The molecule has 3 fully saturated rings. The number of para-hydroxylation sites is 1. The average Bonchev–Trinajstić information content (AvgIpc) is 3.57. The number of likely N-dealkylation sites (tertiary alicyclic amines) is 1. The van der Waals surface area contributed by atoms with Gasteiger partial charge < -0.3 is 25.4 Å². The molecule has 5 heterocycles. The summed E-state index contributed by atoms with van der Waals surface area (Å²) in [6.45, 7) is 8.24. The second-order valence-electron chi connectivity index (χ2n) is 13.2. The third-order valence-corrected chi connectivity index (χ3v) is 10.3. The summed E-state index contributed by atoms with van der Waals surface area (Å²) in [5, 5.41) is 15.8. The zero-order chi connectivity index (χ0) is 31.6. The molecule has 2 aromatic heterocycles. The summed E-state index contributed by atoms with van der Waals surface area (Å²) in [5.41, 5.74) is 4.59. The Morgan fingerprint density at radius 1 is 0.935 bits per heavy atom. The number of aromatic nitrogens is 3. The number of aryl methyl sites for hydroxylation is 1. The van der Waals surface area contributed by atoms with Gasteiger partial charge in [0, 0.05) is 68.2 Å². The van der Waals surface area contributed by atoms with Gasteiger partial charge in [-0.1, -0.05) is 24.3 Å². The number of benzene rings is 2. The van der Waals surface area contributed by atoms with E-state index in [0.717, 1.165) is 77.5 Å². The first-order valence-electron chi connectivity index (χ1n) is 16.8. The molecule has 0 spiro atoms. The van der Waals surface area contributed by atoms with Gasteiger partial charge in [0.25, 0.3) is 5.56 Å². The van der Waals surface area contributed by atoms with E-state index in [0.29, 0.717) is 51.5 Å². The number of piperidine rings is 2. The van der Waals surface area contributed by atoms with E-state index in [4.69, 9.17) is 0 Å². The number of fused-ring (bicyclic) bond motifs is 2. The Labute approximate surface area is 268 Å². The van der Waals surface area contributed by atoms with Crippen LogP contribution in [0.4, 0.5) is 4.79 Å². The Kier molecular flexibility index (Phi) is 8.77. The Hall–Kier alpha value is -4.22. The first kappa shape index (κ1) is 30.4. The fraction of sp³-hybridized carbons (Fsp3) is 0.486. The molecule has 3 amide bonds. The molecular weight excluding hydrogens is 580 g/mol. The van der Waals surface area contributed by atoms with Crippen LogP contribution >= 0.6 is 0 Å². The minimum atomic E-state index is -0.678. The summed E-state index contributed by atoms with van der Waals surface area (Å²) in [7, 11) is 0. The number of urea groups is 1. The molecule has 11 heteroatoms. The minimum absolute atomic E-state index is 0.0270. The summed E-state index contributed by atoms with van der Waals surface area (Å²) >= 11 is 0. The van der Waals surface area contributed by atoms with Crippen molar-refractivity contribution in [3.05, 3.63) is 75.7 Å². The number of H-pyrrole nitrogens is 2. The van der Waals surface area contributed by atoms with Gasteiger partial charge in [-0.25, -0.2) is 4.79 Å². The number of nitrogens with zero attached hydrogens (tertiary/aromatic N) is 4. The van der Waals surface area contributed by atoms with Crippen LogP contribution in [0.2, 0.25) is 0 Å². The van der Waals surface area contributed by atoms with Gasteiger partial charge >= 0.3 is 6.03 Å². The Morgan fingerprint density at radius 2 is 1.70 bits per heavy atom. The normalized spacial score (nSPS) is 19.5. The quantitative estimate of drug-likeness (QED) is 0.261. The fourth-order valence-corrected chi connectivity index (χ4v) is 7.67. The number of piperazine rings is 1. The Bertz CT molecular complexity index is 1760. The molecule has 0 bridgehead atoms. The van der Waals surface area contributed by atoms with E-state index in [-0.39, 0.29) is 23.4 Å². The molecule has 4 aromatic rings. The largest absolute Gasteiger partial charge is 0.338 e. The highest BCUT2D eigenvalue weighted by atomic mass is 16.2. The molecule has 242 valence electrons. The highest BCUT2D eigenvalue weighted by Crippen LogP contribution is 2.28. The molecule has 4 N–H and O–H groups in total. The highest BCUT2D eigenvalue weighted by Gasteiger charge is 2.33. The van der Waals surface area contributed by atoms with E-state index < -0.39 is 6.04 Å². The molecule has 3 aliphatic rings. The van der Waals surface area contributed by atoms with Gasteiger partial charge in [0.2, 0.25) is 5.91 Å². The molecule has 7 rings (SSSR count). The topological polar surface area (TPSA) is 129 Å². The molecule has 0 radical (unpaired) electrons. The predicted octanol–water partition coefficient (Wildman–Crippen LogP) is 3.11. The molecule has 3 saturated heterocycles. The SMILES string of the molecule is Cc1cc(C[C@@H](NC(=O)N2CCC(c3cc4ccccc4[nH]c3=O)CC2)C(=O)N2CCN(C3CCNCC3)CC2)cc2cn[nH]c12. The zero-order valence-electron chi connectivity index (χ0n) is 26.6. The van der Waals surface area contributed by atoms with E-state index in [9.17, 15) is 14.4 Å². The Balaban J connectivity index is 1.03. The molecule has 0 saturated carbocycles. The fourth-order valence-electron chi connectivity index (χ4n) is 7.67. The van der Waals surface area contributed by atoms with Gasteiger partial charge in [0.15, 0.2) is 0 Å². The van der Waals surface area contributed by atoms with E-state index >= 15 is 0 Å². The van der Waals surface area contributed by atoms with E-state index in [1.54, 1.807) is 11.1 Å². The smallest absolute Gasteiger partial charge is 0.318 e. The highest BCUT2D eigenvalue weighted by molar-refractivity contribution is 5.88. The number of nitrogens with one attached hydrogen (secondary N) is 4. The monoisotopic (exact) mass is 624 g/mol. The molecule has 0 aliphatic carbocycles. The summed E-state index contributed by atoms with van der Waals surface area (Å²) in [5.74, 6) is 0.0524. The van der Waals surface area contributed by atoms with E-state index in [1.807, 2.05) is 42.2 Å². The van der Waals surface area contributed by atoms with Crippen molar-refractivity contribution in [1.29, 1.82) is 0 Å². The van der Waals surface area contributed by atoms with Crippen LogP contribution in [0.1, 0.15) is 48.3 Å². The minimum Gasteiger partial charge on any atom is -0.338 e. The van der Waals surface area contributed by atoms with Gasteiger partial charge in [-0.3, -0.25) is 19.6 Å². The van der Waals surface area contributed by atoms with E-state index in [2.05, 4.69) is 42.8 Å². The van der Waals surface area contributed by atoms with Crippen LogP contribution in [0.5, 0.6) is 0 Å². The lowest BCUT2D eigenvalue weighted by Crippen LogP contribution is -2.59. The Morgan fingerprint density at radius 3 is 2.48 bits per heavy atom. The number of rotatable bonds is 6. The van der Waals surface area contributed by atoms with Crippen molar-refractivity contribution in [2.75, 3.05) is 52.4 Å². The number of carbonyl (C=O) groups is 2. The summed E-state index contributed by atoms with van der Waals surface area (Å²) in [6.07, 6.45) is 5.89. The third-order valence-electron chi connectivity index (χ3n) is 10.3. The zero-order valence-corrected chi connectivity index (χ0v) is 26.6. The summed E-state index contributed by atoms with van der Waals surface area (Å²) in [6, 6.07) is 13.6. The van der Waals surface area contributed by atoms with Crippen LogP contribution in [0.3, 0.4) is 0 Å². The molecule has 46 heavy (non-hydrogen) atoms. The molecule has 11 nitrogen and oxygen atoms in total. The van der Waals surface area contributed by atoms with Crippen molar-refractivity contribution in [1.82, 2.24) is 40.5 Å². The van der Waals surface area contributed by atoms with Crippen LogP contribution in [0.15, 0.2) is 53.5 Å². The average molecular weight is 625 g/mol. The van der Waals surface area contributed by atoms with Crippen LogP contribution in [-0.2, 0) is 11.2 Å². The van der Waals surface area contributed by atoms with E-state index in [1.165, 1.54) is 0 Å². The van der Waals surface area contributed by atoms with Crippen molar-refractivity contribution in [2.24, 2.45) is 0 Å². The summed E-state index contributed by atoms with van der Waals surface area (Å²) in [4.78, 5) is 50.0. The number of aromatic amines is 2. The lowest BCUT2D eigenvalue weighted by atomic mass is 9.89. The standard InChI is InChI=1S/C35H44N8O3/c1-23-18-24(19-27-22-37-40-32(23)27)20-31(34(45)42-16-14-41(15-17-42)28-6-10-36-11-7-28)39-35(46)43-12-8-25(9-13-43)29-21-26-4-2-3-5-30(26)38-33(29)44/h2-5,18-19,21-22,25,28,31,36H,6-17,20H2,1H3,(H,37,40)(H,38,44)(H,39,46)/t31-/m1/s1. The van der Waals surface area contributed by atoms with Crippen molar-refractivity contribution in [2.45, 2.75) is 57.0 Å². The maximum Gasteiger partial charge on any atom is 0.318 e. The molecule has 0 unspecified atom stereocenters. The van der Waals surface area contributed by atoms with Gasteiger partial charge in [0.05, 0.1) is 11.7 Å². The van der Waals surface area contributed by atoms with Crippen LogP contribution in [0.25, 0.3) is 21.8 Å². The number of hydrogen-bond acceptors (Lipinski definition) is 6. The number of hydrogen-bond donors (Lipinski definition) is 4. The van der Waals surface area contributed by atoms with Crippen molar-refractivity contribution in [3.63, 3.8) is 0 Å². The molecule has 3 aliphatic heterocycles. The van der Waals surface area contributed by atoms with Crippen molar-refractivity contribution >= 4 is 33.7 Å². The number of amides is 3. The first-order valence-corrected chi connectivity index (χ1v) is 16.8. The number of pyridine rings is 1. The second-order valence-corrected chi connectivity index (χ2v) is 13.2. The van der Waals surface area contributed by atoms with Gasteiger partial charge in [-0.05, 0) is 86.3 Å². The van der Waals surface area contributed by atoms with Gasteiger partial charge in [-0.15, -0.1) is 0 Å². The van der Waals surface area contributed by atoms with Crippen molar-refractivity contribution < 1.29 is 9.59 Å². The van der Waals surface area contributed by atoms with Crippen LogP contribution in [-0.4, -0.2) is 106 Å². The maximum atomic E-state index is 14.1. The lowest BCUT2D eigenvalue weighted by Gasteiger charge is -2.42. The second kappa shape index (κ2) is 13.3. The predicted molar refractivity (Wildman–Crippen MR) is 179 cm³/mol. The first-order chi connectivity index (χ1) is 22.4. The van der Waals surface area contributed by atoms with Crippen LogP contribution < -0.4 is 16.2 Å².